The maximum Gasteiger partial charge on any atom is 0.251 e. The van der Waals surface area contributed by atoms with Crippen molar-refractivity contribution in [2.75, 3.05) is 20.3 Å². The summed E-state index contributed by atoms with van der Waals surface area (Å²) in [6.07, 6.45) is 3.00. The van der Waals surface area contributed by atoms with Crippen LogP contribution in [0.2, 0.25) is 5.02 Å². The van der Waals surface area contributed by atoms with Crippen molar-refractivity contribution >= 4 is 34.3 Å². The van der Waals surface area contributed by atoms with Crippen molar-refractivity contribution in [2.24, 2.45) is 11.7 Å². The number of nitrogens with one attached hydrogen (secondary N) is 1. The number of nitrogens with two attached hydrogens (primary N) is 1. The van der Waals surface area contributed by atoms with Gasteiger partial charge < -0.3 is 25.6 Å². The predicted octanol–water partition coefficient (Wildman–Crippen LogP) is 4.71. The molecule has 44 heavy (non-hydrogen) atoms. The molecule has 1 fully saturated rings. The van der Waals surface area contributed by atoms with Gasteiger partial charge >= 0.3 is 0 Å². The van der Waals surface area contributed by atoms with Gasteiger partial charge in [0.1, 0.15) is 40.3 Å². The Balaban J connectivity index is 1.42. The maximum atomic E-state index is 14.6. The van der Waals surface area contributed by atoms with Gasteiger partial charge in [0.25, 0.3) is 5.91 Å². The predicted molar refractivity (Wildman–Crippen MR) is 159 cm³/mol. The molecule has 2 aromatic heterocycles. The van der Waals surface area contributed by atoms with Crippen LogP contribution in [-0.2, 0) is 15.8 Å². The summed E-state index contributed by atoms with van der Waals surface area (Å²) in [6.45, 7) is 3.10. The minimum Gasteiger partial charge on any atom is -0.494 e. The standard InChI is InChI=1S/C32H29ClF2N4O5/c1-15-8-16-9-17(10-22(43-3)26(16)37-12-15)29(40)38-13-32(42,18-4-5-18)23-11-20-28(44-14-31(20,2)30(36)41)27(39-23)19-6-7-21(34)25(35)24(19)33/h6-12,18,42H,4-5,13-14H2,1-3H3,(H2,36,41)(H,38,40)/t31-,32+/m0/s1. The molecular weight excluding hydrogens is 594 g/mol. The molecule has 0 spiro atoms. The maximum absolute atomic E-state index is 14.6. The highest BCUT2D eigenvalue weighted by molar-refractivity contribution is 6.33. The highest BCUT2D eigenvalue weighted by Crippen LogP contribution is 2.50. The van der Waals surface area contributed by atoms with E-state index in [2.05, 4.69) is 15.3 Å². The zero-order valence-electron chi connectivity index (χ0n) is 24.1. The molecule has 0 saturated heterocycles. The Morgan fingerprint density at radius 1 is 1.25 bits per heavy atom. The number of rotatable bonds is 8. The van der Waals surface area contributed by atoms with Crippen LogP contribution in [0.15, 0.2) is 42.6 Å². The van der Waals surface area contributed by atoms with Crippen LogP contribution in [0.5, 0.6) is 11.5 Å². The molecule has 9 nitrogen and oxygen atoms in total. The van der Waals surface area contributed by atoms with Gasteiger partial charge in [0.05, 0.1) is 24.4 Å². The topological polar surface area (TPSA) is 137 Å². The summed E-state index contributed by atoms with van der Waals surface area (Å²) in [5, 5.41) is 15.2. The lowest BCUT2D eigenvalue weighted by Crippen LogP contribution is -2.44. The molecule has 4 N–H and O–H groups in total. The van der Waals surface area contributed by atoms with Gasteiger partial charge in [-0.3, -0.25) is 14.6 Å². The molecular formula is C32H29ClF2N4O5. The smallest absolute Gasteiger partial charge is 0.251 e. The zero-order chi connectivity index (χ0) is 31.6. The van der Waals surface area contributed by atoms with Crippen molar-refractivity contribution in [1.29, 1.82) is 0 Å². The Labute approximate surface area is 256 Å². The van der Waals surface area contributed by atoms with Crippen LogP contribution in [0.1, 0.15) is 46.9 Å². The Hall–Kier alpha value is -4.35. The number of benzene rings is 2. The van der Waals surface area contributed by atoms with E-state index < -0.39 is 39.5 Å². The first-order valence-electron chi connectivity index (χ1n) is 13.9. The molecule has 1 saturated carbocycles. The third-order valence-electron chi connectivity index (χ3n) is 8.49. The van der Waals surface area contributed by atoms with Crippen LogP contribution in [0.3, 0.4) is 0 Å². The van der Waals surface area contributed by atoms with Crippen LogP contribution < -0.4 is 20.5 Å². The van der Waals surface area contributed by atoms with E-state index in [-0.39, 0.29) is 41.8 Å². The number of carbonyl (C=O) groups is 2. The minimum atomic E-state index is -1.70. The summed E-state index contributed by atoms with van der Waals surface area (Å²) < 4.78 is 39.8. The Kier molecular flexibility index (Phi) is 7.21. The van der Waals surface area contributed by atoms with Crippen LogP contribution in [0, 0.1) is 24.5 Å². The van der Waals surface area contributed by atoms with Crippen LogP contribution in [0.25, 0.3) is 22.2 Å². The van der Waals surface area contributed by atoms with E-state index in [4.69, 9.17) is 26.8 Å². The molecule has 4 aromatic rings. The summed E-state index contributed by atoms with van der Waals surface area (Å²) in [4.78, 5) is 35.1. The lowest BCUT2D eigenvalue weighted by atomic mass is 9.81. The molecule has 0 unspecified atom stereocenters. The molecule has 3 heterocycles. The number of ether oxygens (including phenoxy) is 2. The van der Waals surface area contributed by atoms with Gasteiger partial charge in [-0.2, -0.15) is 0 Å². The average Bonchev–Trinajstić information content (AvgIpc) is 3.81. The van der Waals surface area contributed by atoms with Gasteiger partial charge in [0.15, 0.2) is 11.6 Å². The monoisotopic (exact) mass is 622 g/mol. The van der Waals surface area contributed by atoms with Gasteiger partial charge in [-0.15, -0.1) is 0 Å². The largest absolute Gasteiger partial charge is 0.494 e. The molecule has 1 aliphatic heterocycles. The summed E-state index contributed by atoms with van der Waals surface area (Å²) in [5.41, 5.74) is 5.00. The number of carbonyl (C=O) groups excluding carboxylic acids is 2. The van der Waals surface area contributed by atoms with Crippen molar-refractivity contribution in [3.05, 3.63) is 81.6 Å². The summed E-state index contributed by atoms with van der Waals surface area (Å²) >= 11 is 6.22. The number of amides is 2. The number of aliphatic hydroxyl groups is 1. The summed E-state index contributed by atoms with van der Waals surface area (Å²) in [7, 11) is 1.49. The van der Waals surface area contributed by atoms with Crippen LogP contribution in [0.4, 0.5) is 8.78 Å². The first-order valence-corrected chi connectivity index (χ1v) is 14.3. The molecule has 6 rings (SSSR count). The molecule has 2 atom stereocenters. The van der Waals surface area contributed by atoms with E-state index in [1.807, 2.05) is 13.0 Å². The van der Waals surface area contributed by atoms with Crippen LogP contribution in [-0.4, -0.2) is 47.2 Å². The number of hydrogen-bond acceptors (Lipinski definition) is 7. The van der Waals surface area contributed by atoms with E-state index >= 15 is 0 Å². The van der Waals surface area contributed by atoms with Gasteiger partial charge in [-0.1, -0.05) is 11.6 Å². The number of aromatic nitrogens is 2. The van der Waals surface area contributed by atoms with E-state index in [9.17, 15) is 23.5 Å². The number of hydrogen-bond donors (Lipinski definition) is 3. The first-order chi connectivity index (χ1) is 20.9. The second kappa shape index (κ2) is 10.7. The molecule has 0 radical (unpaired) electrons. The zero-order valence-corrected chi connectivity index (χ0v) is 24.9. The van der Waals surface area contributed by atoms with Crippen molar-refractivity contribution in [3.63, 3.8) is 0 Å². The molecule has 2 aliphatic rings. The third-order valence-corrected chi connectivity index (χ3v) is 8.86. The van der Waals surface area contributed by atoms with Gasteiger partial charge in [0, 0.05) is 28.3 Å². The van der Waals surface area contributed by atoms with Crippen molar-refractivity contribution in [1.82, 2.24) is 15.3 Å². The van der Waals surface area contributed by atoms with E-state index in [0.717, 1.165) is 11.6 Å². The minimum absolute atomic E-state index is 0.00623. The number of methoxy groups -OCH3 is 1. The number of fused-ring (bicyclic) bond motifs is 2. The molecule has 2 aromatic carbocycles. The highest BCUT2D eigenvalue weighted by atomic mass is 35.5. The molecule has 1 aliphatic carbocycles. The lowest BCUT2D eigenvalue weighted by Gasteiger charge is -2.30. The second-order valence-corrected chi connectivity index (χ2v) is 12.0. The molecule has 228 valence electrons. The number of pyridine rings is 2. The van der Waals surface area contributed by atoms with Crippen molar-refractivity contribution in [3.8, 4) is 22.8 Å². The van der Waals surface area contributed by atoms with Gasteiger partial charge in [-0.05, 0) is 74.6 Å². The summed E-state index contributed by atoms with van der Waals surface area (Å²) in [5.74, 6) is -3.33. The number of halogens is 3. The number of nitrogens with zero attached hydrogens (tertiary/aromatic N) is 2. The van der Waals surface area contributed by atoms with Gasteiger partial charge in [-0.25, -0.2) is 13.8 Å². The third kappa shape index (κ3) is 4.80. The first kappa shape index (κ1) is 29.7. The quantitative estimate of drug-likeness (QED) is 0.242. The fourth-order valence-corrected chi connectivity index (χ4v) is 5.88. The highest BCUT2D eigenvalue weighted by Gasteiger charge is 2.50. The summed E-state index contributed by atoms with van der Waals surface area (Å²) in [6, 6.07) is 8.83. The fraction of sp³-hybridized carbons (Fsp3) is 0.312. The SMILES string of the molecule is COc1cc(C(=O)NC[C@](O)(c2cc3c(c(-c4ccc(F)c(F)c4Cl)n2)OC[C@]3(C)C(N)=O)C2CC2)cc2cc(C)cnc12. The molecule has 2 amide bonds. The Bertz CT molecular complexity index is 1870. The fourth-order valence-electron chi connectivity index (χ4n) is 5.64. The lowest BCUT2D eigenvalue weighted by molar-refractivity contribution is -0.123. The molecule has 12 heteroatoms. The average molecular weight is 623 g/mol. The van der Waals surface area contributed by atoms with Crippen LogP contribution >= 0.6 is 11.6 Å². The van der Waals surface area contributed by atoms with E-state index in [1.54, 1.807) is 25.3 Å². The van der Waals surface area contributed by atoms with Crippen molar-refractivity contribution in [2.45, 2.75) is 37.7 Å². The Morgan fingerprint density at radius 2 is 2.00 bits per heavy atom. The van der Waals surface area contributed by atoms with E-state index in [1.165, 1.54) is 19.2 Å². The Morgan fingerprint density at radius 3 is 2.68 bits per heavy atom. The molecule has 0 bridgehead atoms. The number of aryl methyl sites for hydroxylation is 1. The van der Waals surface area contributed by atoms with Gasteiger partial charge in [0.2, 0.25) is 5.91 Å². The normalized spacial score (nSPS) is 18.8. The van der Waals surface area contributed by atoms with Crippen molar-refractivity contribution < 1.29 is 33.0 Å². The number of primary amides is 1. The van der Waals surface area contributed by atoms with E-state index in [0.29, 0.717) is 40.6 Å². The second-order valence-electron chi connectivity index (χ2n) is 11.6.